The van der Waals surface area contributed by atoms with E-state index < -0.39 is 0 Å². The Morgan fingerprint density at radius 2 is 1.48 bits per heavy atom. The Bertz CT molecular complexity index is 556. The molecular weight excluding hydrogens is 286 g/mol. The zero-order chi connectivity index (χ0) is 14.4. The lowest BCUT2D eigenvalue weighted by Gasteiger charge is -2.28. The second kappa shape index (κ2) is 7.81. The van der Waals surface area contributed by atoms with Crippen LogP contribution in [0, 0.1) is 0 Å². The Labute approximate surface area is 132 Å². The molecule has 0 spiro atoms. The molecule has 21 heavy (non-hydrogen) atoms. The Balaban J connectivity index is 0.00000220. The van der Waals surface area contributed by atoms with Crippen molar-refractivity contribution in [3.8, 4) is 0 Å². The quantitative estimate of drug-likeness (QED) is 0.444. The van der Waals surface area contributed by atoms with Gasteiger partial charge < -0.3 is 17.1 Å². The molecule has 0 aliphatic rings. The lowest BCUT2D eigenvalue weighted by atomic mass is 10.2. The number of benzene rings is 2. The summed E-state index contributed by atoms with van der Waals surface area (Å²) >= 11 is 0. The Hall–Kier alpha value is -1.84. The van der Waals surface area contributed by atoms with Crippen molar-refractivity contribution in [1.82, 2.24) is 0 Å². The number of hydrogen-bond acceptors (Lipinski definition) is 2. The van der Waals surface area contributed by atoms with E-state index in [1.54, 1.807) is 12.1 Å². The van der Waals surface area contributed by atoms with Gasteiger partial charge in [-0.2, -0.15) is 0 Å². The molecule has 3 nitrogen and oxygen atoms in total. The standard InChI is InChI=1S/C17H20NO2.ClH/c1-18(2,13-15-9-5-3-6-10-15)14-20-17(19)16-11-7-4-8-12-16;/h3-12H,13-14H2,1-2H3;1H/q+1;/p-1. The first-order valence-electron chi connectivity index (χ1n) is 6.65. The van der Waals surface area contributed by atoms with Gasteiger partial charge in [0.2, 0.25) is 6.73 Å². The minimum absolute atomic E-state index is 0. The van der Waals surface area contributed by atoms with Gasteiger partial charge in [0.05, 0.1) is 19.7 Å². The second-order valence-corrected chi connectivity index (χ2v) is 5.51. The summed E-state index contributed by atoms with van der Waals surface area (Å²) in [6.45, 7) is 1.17. The third kappa shape index (κ3) is 5.58. The van der Waals surface area contributed by atoms with Crippen LogP contribution in [0.2, 0.25) is 0 Å². The van der Waals surface area contributed by atoms with E-state index in [2.05, 4.69) is 12.1 Å². The average molecular weight is 306 g/mol. The topological polar surface area (TPSA) is 26.3 Å². The lowest BCUT2D eigenvalue weighted by Crippen LogP contribution is -3.00. The van der Waals surface area contributed by atoms with Crippen LogP contribution in [0.25, 0.3) is 0 Å². The van der Waals surface area contributed by atoms with Gasteiger partial charge in [0.1, 0.15) is 6.54 Å². The maximum atomic E-state index is 11.9. The molecule has 2 aromatic rings. The molecule has 0 atom stereocenters. The van der Waals surface area contributed by atoms with E-state index in [9.17, 15) is 4.79 Å². The van der Waals surface area contributed by atoms with Crippen LogP contribution in [0.3, 0.4) is 0 Å². The number of carbonyl (C=O) groups excluding carboxylic acids is 1. The summed E-state index contributed by atoms with van der Waals surface area (Å²) in [4.78, 5) is 11.9. The molecule has 0 heterocycles. The average Bonchev–Trinajstić information content (AvgIpc) is 2.46. The summed E-state index contributed by atoms with van der Waals surface area (Å²) in [5.41, 5.74) is 1.82. The van der Waals surface area contributed by atoms with Crippen molar-refractivity contribution >= 4 is 5.97 Å². The highest BCUT2D eigenvalue weighted by Crippen LogP contribution is 2.10. The summed E-state index contributed by atoms with van der Waals surface area (Å²) in [7, 11) is 4.09. The van der Waals surface area contributed by atoms with Gasteiger partial charge in [-0.15, -0.1) is 0 Å². The number of rotatable bonds is 5. The molecule has 0 bridgehead atoms. The highest BCUT2D eigenvalue weighted by atomic mass is 35.5. The van der Waals surface area contributed by atoms with Crippen molar-refractivity contribution < 1.29 is 26.4 Å². The molecule has 0 N–H and O–H groups in total. The molecule has 0 fully saturated rings. The van der Waals surface area contributed by atoms with Gasteiger partial charge in [0, 0.05) is 5.56 Å². The van der Waals surface area contributed by atoms with Gasteiger partial charge in [0.25, 0.3) is 0 Å². The zero-order valence-corrected chi connectivity index (χ0v) is 13.1. The van der Waals surface area contributed by atoms with Crippen molar-refractivity contribution in [1.29, 1.82) is 0 Å². The molecular formula is C17H20ClNO2. The first-order valence-corrected chi connectivity index (χ1v) is 6.65. The minimum atomic E-state index is -0.273. The molecule has 0 saturated carbocycles. The highest BCUT2D eigenvalue weighted by molar-refractivity contribution is 5.89. The fraction of sp³-hybridized carbons (Fsp3) is 0.235. The van der Waals surface area contributed by atoms with Crippen molar-refractivity contribution in [2.75, 3.05) is 20.8 Å². The van der Waals surface area contributed by atoms with Crippen LogP contribution in [0.4, 0.5) is 0 Å². The summed E-state index contributed by atoms with van der Waals surface area (Å²) in [6, 6.07) is 19.3. The molecule has 0 amide bonds. The Kier molecular flexibility index (Phi) is 6.40. The number of halogens is 1. The summed E-state index contributed by atoms with van der Waals surface area (Å²) in [5.74, 6) is -0.273. The Morgan fingerprint density at radius 3 is 2.05 bits per heavy atom. The summed E-state index contributed by atoms with van der Waals surface area (Å²) in [5, 5.41) is 0. The third-order valence-corrected chi connectivity index (χ3v) is 3.01. The molecule has 4 heteroatoms. The van der Waals surface area contributed by atoms with Crippen molar-refractivity contribution in [3.63, 3.8) is 0 Å². The Morgan fingerprint density at radius 1 is 0.952 bits per heavy atom. The van der Waals surface area contributed by atoms with Crippen LogP contribution < -0.4 is 12.4 Å². The van der Waals surface area contributed by atoms with E-state index in [-0.39, 0.29) is 18.4 Å². The van der Waals surface area contributed by atoms with E-state index in [1.807, 2.05) is 50.5 Å². The number of esters is 1. The predicted octanol–water partition coefficient (Wildman–Crippen LogP) is 0.0815. The zero-order valence-electron chi connectivity index (χ0n) is 12.3. The smallest absolute Gasteiger partial charge is 0.342 e. The highest BCUT2D eigenvalue weighted by Gasteiger charge is 2.18. The molecule has 0 radical (unpaired) electrons. The summed E-state index contributed by atoms with van der Waals surface area (Å²) < 4.78 is 6.00. The minimum Gasteiger partial charge on any atom is -1.00 e. The van der Waals surface area contributed by atoms with Crippen molar-refractivity contribution in [2.45, 2.75) is 6.54 Å². The normalized spacial score (nSPS) is 10.6. The summed E-state index contributed by atoms with van der Waals surface area (Å²) in [6.07, 6.45) is 0. The maximum Gasteiger partial charge on any atom is 0.342 e. The molecule has 0 saturated heterocycles. The number of quaternary nitrogens is 1. The molecule has 0 unspecified atom stereocenters. The van der Waals surface area contributed by atoms with Gasteiger partial charge in [-0.1, -0.05) is 48.5 Å². The maximum absolute atomic E-state index is 11.9. The van der Waals surface area contributed by atoms with Gasteiger partial charge >= 0.3 is 5.97 Å². The lowest BCUT2D eigenvalue weighted by molar-refractivity contribution is -0.920. The molecule has 0 aliphatic heterocycles. The predicted molar refractivity (Wildman–Crippen MR) is 79.0 cm³/mol. The van der Waals surface area contributed by atoms with E-state index in [4.69, 9.17) is 4.74 Å². The molecule has 2 aromatic carbocycles. The van der Waals surface area contributed by atoms with Crippen LogP contribution in [0.1, 0.15) is 15.9 Å². The number of carbonyl (C=O) groups is 1. The van der Waals surface area contributed by atoms with Gasteiger partial charge in [-0.3, -0.25) is 4.48 Å². The molecule has 2 rings (SSSR count). The van der Waals surface area contributed by atoms with E-state index >= 15 is 0 Å². The fourth-order valence-corrected chi connectivity index (χ4v) is 2.01. The van der Waals surface area contributed by atoms with Gasteiger partial charge in [-0.25, -0.2) is 4.79 Å². The number of hydrogen-bond donors (Lipinski definition) is 0. The first kappa shape index (κ1) is 17.2. The van der Waals surface area contributed by atoms with Crippen LogP contribution in [-0.4, -0.2) is 31.3 Å². The monoisotopic (exact) mass is 305 g/mol. The molecule has 0 aliphatic carbocycles. The van der Waals surface area contributed by atoms with Crippen molar-refractivity contribution in [2.24, 2.45) is 0 Å². The SMILES string of the molecule is C[N+](C)(COC(=O)c1ccccc1)Cc1ccccc1.[Cl-]. The van der Waals surface area contributed by atoms with Crippen LogP contribution >= 0.6 is 0 Å². The second-order valence-electron chi connectivity index (χ2n) is 5.51. The van der Waals surface area contributed by atoms with Gasteiger partial charge in [-0.05, 0) is 12.1 Å². The largest absolute Gasteiger partial charge is 1.00 e. The number of ether oxygens (including phenoxy) is 1. The van der Waals surface area contributed by atoms with Crippen LogP contribution in [-0.2, 0) is 11.3 Å². The third-order valence-electron chi connectivity index (χ3n) is 3.01. The van der Waals surface area contributed by atoms with Gasteiger partial charge in [0.15, 0.2) is 0 Å². The molecule has 0 aromatic heterocycles. The van der Waals surface area contributed by atoms with E-state index in [0.29, 0.717) is 16.8 Å². The van der Waals surface area contributed by atoms with Crippen LogP contribution in [0.15, 0.2) is 60.7 Å². The first-order chi connectivity index (χ1) is 9.57. The number of nitrogens with zero attached hydrogens (tertiary/aromatic N) is 1. The van der Waals surface area contributed by atoms with E-state index in [1.165, 1.54) is 5.56 Å². The fourth-order valence-electron chi connectivity index (χ4n) is 2.01. The van der Waals surface area contributed by atoms with Crippen LogP contribution in [0.5, 0.6) is 0 Å². The van der Waals surface area contributed by atoms with E-state index in [0.717, 1.165) is 6.54 Å². The molecule has 112 valence electrons. The van der Waals surface area contributed by atoms with Crippen molar-refractivity contribution in [3.05, 3.63) is 71.8 Å².